The molecular weight excluding hydrogens is 212 g/mol. The first kappa shape index (κ1) is 13.3. The Hall–Kier alpha value is -0.120. The van der Waals surface area contributed by atoms with E-state index in [0.29, 0.717) is 18.2 Å². The monoisotopic (exact) mass is 240 g/mol. The lowest BCUT2D eigenvalue weighted by Crippen LogP contribution is -2.64. The first-order valence-electron chi connectivity index (χ1n) is 7.11. The zero-order chi connectivity index (χ0) is 12.5. The molecule has 100 valence electrons. The quantitative estimate of drug-likeness (QED) is 0.817. The van der Waals surface area contributed by atoms with E-state index in [2.05, 4.69) is 31.0 Å². The van der Waals surface area contributed by atoms with E-state index in [9.17, 15) is 0 Å². The fraction of sp³-hybridized carbons (Fsp3) is 1.00. The summed E-state index contributed by atoms with van der Waals surface area (Å²) in [4.78, 5) is 2.72. The third kappa shape index (κ3) is 2.83. The average Bonchev–Trinajstić information content (AvgIpc) is 2.75. The number of nitrogens with one attached hydrogen (secondary N) is 1. The third-order valence-corrected chi connectivity index (χ3v) is 4.48. The van der Waals surface area contributed by atoms with Crippen molar-refractivity contribution in [1.82, 2.24) is 10.2 Å². The van der Waals surface area contributed by atoms with Crippen molar-refractivity contribution in [3.63, 3.8) is 0 Å². The predicted octanol–water partition coefficient (Wildman–Crippen LogP) is 2.02. The van der Waals surface area contributed by atoms with Crippen LogP contribution in [0.5, 0.6) is 0 Å². The fourth-order valence-corrected chi connectivity index (χ4v) is 3.48. The van der Waals surface area contributed by atoms with E-state index >= 15 is 0 Å². The van der Waals surface area contributed by atoms with Crippen LogP contribution >= 0.6 is 0 Å². The first-order chi connectivity index (χ1) is 8.07. The van der Waals surface area contributed by atoms with Crippen molar-refractivity contribution in [3.8, 4) is 0 Å². The molecule has 0 aromatic carbocycles. The van der Waals surface area contributed by atoms with Crippen LogP contribution in [0.4, 0.5) is 0 Å². The average molecular weight is 240 g/mol. The molecule has 0 spiro atoms. The van der Waals surface area contributed by atoms with E-state index in [1.165, 1.54) is 25.7 Å². The van der Waals surface area contributed by atoms with Gasteiger partial charge in [0.05, 0.1) is 6.10 Å². The zero-order valence-corrected chi connectivity index (χ0v) is 11.8. The summed E-state index contributed by atoms with van der Waals surface area (Å²) in [6, 6.07) is 1.33. The molecule has 0 aromatic heterocycles. The van der Waals surface area contributed by atoms with Gasteiger partial charge in [0, 0.05) is 37.8 Å². The van der Waals surface area contributed by atoms with Crippen molar-refractivity contribution in [2.75, 3.05) is 20.2 Å². The van der Waals surface area contributed by atoms with Gasteiger partial charge >= 0.3 is 0 Å². The number of rotatable bonds is 3. The topological polar surface area (TPSA) is 24.5 Å². The van der Waals surface area contributed by atoms with Crippen molar-refractivity contribution in [1.29, 1.82) is 0 Å². The van der Waals surface area contributed by atoms with Gasteiger partial charge in [-0.3, -0.25) is 4.90 Å². The van der Waals surface area contributed by atoms with Gasteiger partial charge in [-0.05, 0) is 39.5 Å². The summed E-state index contributed by atoms with van der Waals surface area (Å²) in [5.74, 6) is 0. The molecule has 2 aliphatic rings. The molecule has 1 aliphatic heterocycles. The van der Waals surface area contributed by atoms with Crippen molar-refractivity contribution in [2.24, 2.45) is 0 Å². The largest absolute Gasteiger partial charge is 0.380 e. The van der Waals surface area contributed by atoms with Crippen LogP contribution in [-0.4, -0.2) is 48.8 Å². The van der Waals surface area contributed by atoms with Crippen LogP contribution in [0.15, 0.2) is 0 Å². The zero-order valence-electron chi connectivity index (χ0n) is 11.8. The van der Waals surface area contributed by atoms with Gasteiger partial charge in [-0.2, -0.15) is 0 Å². The summed E-state index contributed by atoms with van der Waals surface area (Å²) < 4.78 is 5.68. The maximum atomic E-state index is 5.68. The maximum Gasteiger partial charge on any atom is 0.0726 e. The maximum absolute atomic E-state index is 5.68. The predicted molar refractivity (Wildman–Crippen MR) is 71.3 cm³/mol. The number of hydrogen-bond acceptors (Lipinski definition) is 3. The number of piperazine rings is 1. The Morgan fingerprint density at radius 3 is 2.76 bits per heavy atom. The van der Waals surface area contributed by atoms with Crippen molar-refractivity contribution in [3.05, 3.63) is 0 Å². The highest BCUT2D eigenvalue weighted by Crippen LogP contribution is 2.31. The number of ether oxygens (including phenoxy) is 1. The van der Waals surface area contributed by atoms with Crippen molar-refractivity contribution >= 4 is 0 Å². The molecule has 2 fully saturated rings. The van der Waals surface area contributed by atoms with Gasteiger partial charge in [0.2, 0.25) is 0 Å². The van der Waals surface area contributed by atoms with Crippen molar-refractivity contribution in [2.45, 2.75) is 70.2 Å². The van der Waals surface area contributed by atoms with Gasteiger partial charge < -0.3 is 10.1 Å². The molecule has 3 unspecified atom stereocenters. The summed E-state index contributed by atoms with van der Waals surface area (Å²) in [5.41, 5.74) is 0.243. The Kier molecular flexibility index (Phi) is 4.11. The van der Waals surface area contributed by atoms with Crippen molar-refractivity contribution < 1.29 is 4.74 Å². The second-order valence-corrected chi connectivity index (χ2v) is 6.27. The van der Waals surface area contributed by atoms with E-state index in [1.54, 1.807) is 0 Å². The highest BCUT2D eigenvalue weighted by atomic mass is 16.5. The van der Waals surface area contributed by atoms with Gasteiger partial charge in [0.25, 0.3) is 0 Å². The SMILES string of the molecule is CCC1CNC(C)(C)CN1C1CCCC1OC. The summed E-state index contributed by atoms with van der Waals surface area (Å²) in [6.07, 6.45) is 5.56. The van der Waals surface area contributed by atoms with Crippen LogP contribution in [0.3, 0.4) is 0 Å². The van der Waals surface area contributed by atoms with Gasteiger partial charge in [0.15, 0.2) is 0 Å². The Labute approximate surface area is 106 Å². The van der Waals surface area contributed by atoms with E-state index in [-0.39, 0.29) is 5.54 Å². The van der Waals surface area contributed by atoms with Crippen LogP contribution < -0.4 is 5.32 Å². The summed E-state index contributed by atoms with van der Waals surface area (Å²) in [7, 11) is 1.87. The molecule has 17 heavy (non-hydrogen) atoms. The molecule has 1 N–H and O–H groups in total. The summed E-state index contributed by atoms with van der Waals surface area (Å²) in [5, 5.41) is 3.66. The molecule has 0 bridgehead atoms. The standard InChI is InChI=1S/C14H28N2O/c1-5-11-9-15-14(2,3)10-16(11)12-7-6-8-13(12)17-4/h11-13,15H,5-10H2,1-4H3. The van der Waals surface area contributed by atoms with Crippen LogP contribution in [0.2, 0.25) is 0 Å². The summed E-state index contributed by atoms with van der Waals surface area (Å²) >= 11 is 0. The second-order valence-electron chi connectivity index (χ2n) is 6.27. The summed E-state index contributed by atoms with van der Waals surface area (Å²) in [6.45, 7) is 9.19. The van der Waals surface area contributed by atoms with E-state index in [1.807, 2.05) is 7.11 Å². The minimum Gasteiger partial charge on any atom is -0.380 e. The smallest absolute Gasteiger partial charge is 0.0726 e. The van der Waals surface area contributed by atoms with Crippen LogP contribution in [-0.2, 0) is 4.74 Å². The highest BCUT2D eigenvalue weighted by molar-refractivity contribution is 4.98. The molecular formula is C14H28N2O. The molecule has 2 rings (SSSR count). The van der Waals surface area contributed by atoms with Crippen LogP contribution in [0.25, 0.3) is 0 Å². The van der Waals surface area contributed by atoms with Gasteiger partial charge in [0.1, 0.15) is 0 Å². The van der Waals surface area contributed by atoms with E-state index < -0.39 is 0 Å². The molecule has 0 amide bonds. The first-order valence-corrected chi connectivity index (χ1v) is 7.11. The number of hydrogen-bond donors (Lipinski definition) is 1. The van der Waals surface area contributed by atoms with Gasteiger partial charge in [-0.25, -0.2) is 0 Å². The van der Waals surface area contributed by atoms with Gasteiger partial charge in [-0.1, -0.05) is 6.92 Å². The molecule has 1 saturated carbocycles. The van der Waals surface area contributed by atoms with Gasteiger partial charge in [-0.15, -0.1) is 0 Å². The normalized spacial score (nSPS) is 38.5. The Morgan fingerprint density at radius 2 is 2.12 bits per heavy atom. The third-order valence-electron chi connectivity index (χ3n) is 4.48. The highest BCUT2D eigenvalue weighted by Gasteiger charge is 2.40. The van der Waals surface area contributed by atoms with E-state index in [0.717, 1.165) is 13.1 Å². The fourth-order valence-electron chi connectivity index (χ4n) is 3.48. The Bertz CT molecular complexity index is 255. The van der Waals surface area contributed by atoms with Crippen LogP contribution in [0.1, 0.15) is 46.5 Å². The molecule has 1 aliphatic carbocycles. The molecule has 0 aromatic rings. The van der Waals surface area contributed by atoms with E-state index in [4.69, 9.17) is 4.74 Å². The lowest BCUT2D eigenvalue weighted by molar-refractivity contribution is -0.0157. The number of nitrogens with zero attached hydrogens (tertiary/aromatic N) is 1. The Balaban J connectivity index is 2.09. The molecule has 0 radical (unpaired) electrons. The molecule has 3 nitrogen and oxygen atoms in total. The molecule has 1 saturated heterocycles. The minimum absolute atomic E-state index is 0.243. The lowest BCUT2D eigenvalue weighted by atomic mass is 9.94. The molecule has 1 heterocycles. The molecule has 3 heteroatoms. The Morgan fingerprint density at radius 1 is 1.35 bits per heavy atom. The second kappa shape index (κ2) is 5.25. The lowest BCUT2D eigenvalue weighted by Gasteiger charge is -2.48. The number of methoxy groups -OCH3 is 1. The van der Waals surface area contributed by atoms with Crippen LogP contribution in [0, 0.1) is 0 Å². The molecule has 3 atom stereocenters. The minimum atomic E-state index is 0.243.